The maximum Gasteiger partial charge on any atom is 0.220 e. The molecule has 5 unspecified atom stereocenters. The van der Waals surface area contributed by atoms with Gasteiger partial charge in [0.25, 0.3) is 0 Å². The summed E-state index contributed by atoms with van der Waals surface area (Å²) < 4.78 is 0. The number of thiazole rings is 1. The van der Waals surface area contributed by atoms with Crippen molar-refractivity contribution >= 4 is 17.2 Å². The third-order valence-electron chi connectivity index (χ3n) is 7.27. The molecule has 1 aromatic rings. The number of amides is 1. The van der Waals surface area contributed by atoms with Crippen LogP contribution in [-0.4, -0.2) is 65.9 Å². The number of nitrogens with zero attached hydrogens (tertiary/aromatic N) is 2. The molecule has 6 nitrogen and oxygen atoms in total. The lowest BCUT2D eigenvalue weighted by Gasteiger charge is -2.58. The zero-order valence-corrected chi connectivity index (χ0v) is 18.6. The Morgan fingerprint density at radius 3 is 2.75 bits per heavy atom. The Kier molecular flexibility index (Phi) is 6.21. The summed E-state index contributed by atoms with van der Waals surface area (Å²) >= 11 is 1.70. The van der Waals surface area contributed by atoms with Crippen LogP contribution in [0.4, 0.5) is 0 Å². The number of hydrogen-bond acceptors (Lipinski definition) is 6. The minimum Gasteiger partial charge on any atom is -0.396 e. The van der Waals surface area contributed by atoms with Crippen LogP contribution >= 0.6 is 11.3 Å². The van der Waals surface area contributed by atoms with Crippen molar-refractivity contribution in [2.24, 2.45) is 16.7 Å². The maximum absolute atomic E-state index is 12.8. The van der Waals surface area contributed by atoms with Crippen molar-refractivity contribution in [3.05, 3.63) is 15.6 Å². The van der Waals surface area contributed by atoms with Crippen molar-refractivity contribution in [1.82, 2.24) is 15.2 Å². The summed E-state index contributed by atoms with van der Waals surface area (Å²) in [5.41, 5.74) is 0.353. The highest BCUT2D eigenvalue weighted by Crippen LogP contribution is 2.62. The van der Waals surface area contributed by atoms with Crippen LogP contribution in [0, 0.1) is 23.7 Å². The van der Waals surface area contributed by atoms with Gasteiger partial charge in [0.2, 0.25) is 5.91 Å². The molecule has 1 fully saturated rings. The van der Waals surface area contributed by atoms with E-state index in [-0.39, 0.29) is 29.8 Å². The molecule has 1 saturated carbocycles. The molecule has 0 spiro atoms. The molecule has 0 bridgehead atoms. The molecule has 7 heteroatoms. The second-order valence-electron chi connectivity index (χ2n) is 9.43. The fourth-order valence-corrected chi connectivity index (χ4v) is 6.49. The van der Waals surface area contributed by atoms with Crippen molar-refractivity contribution in [2.75, 3.05) is 33.8 Å². The number of carbonyl (C=O) groups excluding carboxylic acids is 1. The van der Waals surface area contributed by atoms with Crippen molar-refractivity contribution in [1.29, 1.82) is 0 Å². The number of aliphatic hydroxyl groups is 2. The van der Waals surface area contributed by atoms with E-state index in [1.807, 2.05) is 27.9 Å². The Hall–Kier alpha value is -1.02. The summed E-state index contributed by atoms with van der Waals surface area (Å²) in [5, 5.41) is 25.0. The first-order chi connectivity index (χ1) is 13.1. The van der Waals surface area contributed by atoms with Gasteiger partial charge in [-0.2, -0.15) is 0 Å². The quantitative estimate of drug-likeness (QED) is 0.669. The number of hydrogen-bond donors (Lipinski definition) is 3. The average molecular weight is 410 g/mol. The molecule has 2 aliphatic rings. The van der Waals surface area contributed by atoms with E-state index in [1.54, 1.807) is 11.3 Å². The highest BCUT2D eigenvalue weighted by Gasteiger charge is 2.59. The fraction of sp³-hybridized carbons (Fsp3) is 0.810. The zero-order chi connectivity index (χ0) is 20.7. The van der Waals surface area contributed by atoms with E-state index < -0.39 is 11.5 Å². The minimum atomic E-state index is -0.553. The number of fused-ring (bicyclic) bond motifs is 2. The summed E-state index contributed by atoms with van der Waals surface area (Å²) in [4.78, 5) is 20.9. The number of aromatic nitrogens is 1. The SMILES string of the molecule is Cc1nc2c(s1)CC1C(C)(CO)C(O)CCC1(C)C2CC(=O)NCCN(C)C. The van der Waals surface area contributed by atoms with Crippen LogP contribution < -0.4 is 5.32 Å². The largest absolute Gasteiger partial charge is 0.396 e. The molecule has 3 N–H and O–H groups in total. The summed E-state index contributed by atoms with van der Waals surface area (Å²) in [7, 11) is 3.98. The average Bonchev–Trinajstić information content (AvgIpc) is 3.00. The first kappa shape index (κ1) is 21.7. The topological polar surface area (TPSA) is 85.7 Å². The number of nitrogens with one attached hydrogen (secondary N) is 1. The lowest BCUT2D eigenvalue weighted by molar-refractivity contribution is -0.144. The van der Waals surface area contributed by atoms with Crippen LogP contribution in [0.25, 0.3) is 0 Å². The van der Waals surface area contributed by atoms with Gasteiger partial charge in [0.15, 0.2) is 0 Å². The van der Waals surface area contributed by atoms with E-state index in [4.69, 9.17) is 4.98 Å². The van der Waals surface area contributed by atoms with Gasteiger partial charge in [-0.25, -0.2) is 4.98 Å². The van der Waals surface area contributed by atoms with Crippen molar-refractivity contribution < 1.29 is 15.0 Å². The summed E-state index contributed by atoms with van der Waals surface area (Å²) in [6, 6.07) is 0. The van der Waals surface area contributed by atoms with E-state index >= 15 is 0 Å². The van der Waals surface area contributed by atoms with Crippen molar-refractivity contribution in [3.63, 3.8) is 0 Å². The third-order valence-corrected chi connectivity index (χ3v) is 8.28. The maximum atomic E-state index is 12.8. The normalized spacial score (nSPS) is 34.8. The molecule has 0 saturated heterocycles. The summed E-state index contributed by atoms with van der Waals surface area (Å²) in [5.74, 6) is 0.201. The van der Waals surface area contributed by atoms with E-state index in [0.717, 1.165) is 30.1 Å². The molecule has 28 heavy (non-hydrogen) atoms. The third kappa shape index (κ3) is 3.74. The lowest BCUT2D eigenvalue weighted by atomic mass is 9.47. The molecule has 0 aromatic carbocycles. The molecule has 2 aliphatic carbocycles. The van der Waals surface area contributed by atoms with Gasteiger partial charge in [-0.3, -0.25) is 4.79 Å². The number of carbonyl (C=O) groups is 1. The predicted molar refractivity (Wildman–Crippen MR) is 112 cm³/mol. The van der Waals surface area contributed by atoms with Crippen molar-refractivity contribution in [3.8, 4) is 0 Å². The van der Waals surface area contributed by atoms with Gasteiger partial charge in [0, 0.05) is 35.7 Å². The van der Waals surface area contributed by atoms with Gasteiger partial charge in [-0.15, -0.1) is 11.3 Å². The molecule has 5 atom stereocenters. The fourth-order valence-electron chi connectivity index (χ4n) is 5.44. The molecule has 1 aromatic heterocycles. The second-order valence-corrected chi connectivity index (χ2v) is 10.7. The number of likely N-dealkylation sites (N-methyl/N-ethyl adjacent to an activating group) is 1. The first-order valence-electron chi connectivity index (χ1n) is 10.3. The summed E-state index contributed by atoms with van der Waals surface area (Å²) in [6.07, 6.45) is 2.22. The summed E-state index contributed by atoms with van der Waals surface area (Å²) in [6.45, 7) is 7.67. The Labute approximate surface area is 172 Å². The Morgan fingerprint density at radius 2 is 2.11 bits per heavy atom. The van der Waals surface area contributed by atoms with E-state index in [0.29, 0.717) is 19.4 Å². The van der Waals surface area contributed by atoms with E-state index in [1.165, 1.54) is 4.88 Å². The van der Waals surface area contributed by atoms with Gasteiger partial charge in [0.05, 0.1) is 23.4 Å². The van der Waals surface area contributed by atoms with Crippen molar-refractivity contribution in [2.45, 2.75) is 58.5 Å². The Balaban J connectivity index is 1.91. The van der Waals surface area contributed by atoms with E-state index in [9.17, 15) is 15.0 Å². The number of rotatable bonds is 6. The van der Waals surface area contributed by atoms with Gasteiger partial charge >= 0.3 is 0 Å². The van der Waals surface area contributed by atoms with Crippen LogP contribution in [0.2, 0.25) is 0 Å². The van der Waals surface area contributed by atoms with Gasteiger partial charge in [-0.1, -0.05) is 13.8 Å². The molecule has 0 aliphatic heterocycles. The zero-order valence-electron chi connectivity index (χ0n) is 17.8. The van der Waals surface area contributed by atoms with Gasteiger partial charge < -0.3 is 20.4 Å². The monoisotopic (exact) mass is 409 g/mol. The Bertz CT molecular complexity index is 722. The minimum absolute atomic E-state index is 0.0175. The number of aryl methyl sites for hydroxylation is 1. The first-order valence-corrected chi connectivity index (χ1v) is 11.1. The molecule has 0 radical (unpaired) electrons. The molecule has 1 heterocycles. The molecule has 158 valence electrons. The van der Waals surface area contributed by atoms with Crippen LogP contribution in [0.15, 0.2) is 0 Å². The smallest absolute Gasteiger partial charge is 0.220 e. The Morgan fingerprint density at radius 1 is 1.39 bits per heavy atom. The van der Waals surface area contributed by atoms with Gasteiger partial charge in [0.1, 0.15) is 0 Å². The van der Waals surface area contributed by atoms with Crippen LogP contribution in [-0.2, 0) is 11.2 Å². The predicted octanol–water partition coefficient (Wildman–Crippen LogP) is 1.93. The lowest BCUT2D eigenvalue weighted by Crippen LogP contribution is -2.57. The number of aliphatic hydroxyl groups excluding tert-OH is 2. The molecular formula is C21H35N3O3S. The van der Waals surface area contributed by atoms with Gasteiger partial charge in [-0.05, 0) is 51.6 Å². The molecule has 1 amide bonds. The van der Waals surface area contributed by atoms with Crippen LogP contribution in [0.1, 0.15) is 54.6 Å². The van der Waals surface area contributed by atoms with Crippen LogP contribution in [0.5, 0.6) is 0 Å². The highest BCUT2D eigenvalue weighted by molar-refractivity contribution is 7.11. The standard InChI is InChI=1S/C21H35N3O3S/c1-13-23-19-14(10-18(27)22-8-9-24(4)5)20(2)7-6-17(26)21(3,12-25)16(20)11-15(19)28-13/h14,16-17,25-26H,6-12H2,1-5H3,(H,22,27). The molecule has 3 rings (SSSR count). The molecular weight excluding hydrogens is 374 g/mol. The van der Waals surface area contributed by atoms with Crippen LogP contribution in [0.3, 0.4) is 0 Å². The highest BCUT2D eigenvalue weighted by atomic mass is 32.1. The van der Waals surface area contributed by atoms with E-state index in [2.05, 4.69) is 17.1 Å². The second kappa shape index (κ2) is 8.01.